The first-order chi connectivity index (χ1) is 14.0. The Morgan fingerprint density at radius 1 is 1.17 bits per heavy atom. The summed E-state index contributed by atoms with van der Waals surface area (Å²) in [6, 6.07) is 8.95. The van der Waals surface area contributed by atoms with Gasteiger partial charge >= 0.3 is 0 Å². The van der Waals surface area contributed by atoms with Crippen molar-refractivity contribution in [3.63, 3.8) is 0 Å². The number of ether oxygens (including phenoxy) is 1. The largest absolute Gasteiger partial charge is 0.479 e. The highest BCUT2D eigenvalue weighted by molar-refractivity contribution is 6.42. The number of hydrogen-bond donors (Lipinski definition) is 1. The number of aromatic nitrogens is 3. The number of nitrogens with zero attached hydrogens (tertiary/aromatic N) is 4. The highest BCUT2D eigenvalue weighted by atomic mass is 35.5. The number of imidazole rings is 1. The third kappa shape index (κ3) is 3.94. The van der Waals surface area contributed by atoms with Gasteiger partial charge in [0, 0.05) is 6.20 Å². The number of hydrogen-bond acceptors (Lipinski definition) is 6. The molecule has 1 aromatic carbocycles. The van der Waals surface area contributed by atoms with Crippen molar-refractivity contribution in [2.75, 3.05) is 7.11 Å². The summed E-state index contributed by atoms with van der Waals surface area (Å²) in [4.78, 5) is 19.4. The molecule has 2 atom stereocenters. The van der Waals surface area contributed by atoms with E-state index < -0.39 is 0 Å². The van der Waals surface area contributed by atoms with Gasteiger partial charge in [0.1, 0.15) is 23.5 Å². The predicted octanol–water partition coefficient (Wildman–Crippen LogP) is 4.30. The summed E-state index contributed by atoms with van der Waals surface area (Å²) < 4.78 is 7.35. The van der Waals surface area contributed by atoms with Gasteiger partial charge in [-0.2, -0.15) is 0 Å². The minimum atomic E-state index is -0.259. The lowest BCUT2D eigenvalue weighted by Crippen LogP contribution is -2.38. The van der Waals surface area contributed by atoms with Gasteiger partial charge in [-0.3, -0.25) is 9.83 Å². The van der Waals surface area contributed by atoms with E-state index >= 15 is 0 Å². The number of nitrogens with one attached hydrogen (secondary N) is 1. The van der Waals surface area contributed by atoms with Gasteiger partial charge in [0.25, 0.3) is 0 Å². The Morgan fingerprint density at radius 3 is 2.69 bits per heavy atom. The predicted molar refractivity (Wildman–Crippen MR) is 112 cm³/mol. The van der Waals surface area contributed by atoms with Gasteiger partial charge in [-0.05, 0) is 43.7 Å². The molecule has 9 heteroatoms. The minimum Gasteiger partial charge on any atom is -0.479 e. The zero-order valence-corrected chi connectivity index (χ0v) is 17.6. The van der Waals surface area contributed by atoms with Crippen LogP contribution in [0.4, 0.5) is 0 Å². The third-order valence-electron chi connectivity index (χ3n) is 4.61. The maximum Gasteiger partial charge on any atom is 0.238 e. The Morgan fingerprint density at radius 2 is 2.00 bits per heavy atom. The maximum absolute atomic E-state index is 6.18. The zero-order chi connectivity index (χ0) is 20.5. The second kappa shape index (κ2) is 8.02. The van der Waals surface area contributed by atoms with Crippen molar-refractivity contribution in [1.29, 1.82) is 0 Å². The summed E-state index contributed by atoms with van der Waals surface area (Å²) in [5, 5.41) is 0.977. The van der Waals surface area contributed by atoms with Crippen LogP contribution in [0.15, 0.2) is 47.8 Å². The smallest absolute Gasteiger partial charge is 0.238 e. The van der Waals surface area contributed by atoms with Crippen LogP contribution >= 0.6 is 23.2 Å². The molecule has 0 radical (unpaired) electrons. The first-order valence-corrected chi connectivity index (χ1v) is 9.72. The first-order valence-electron chi connectivity index (χ1n) is 8.97. The minimum absolute atomic E-state index is 0.203. The lowest BCUT2D eigenvalue weighted by molar-refractivity contribution is -0.00478. The number of hydroxylamine groups is 1. The number of amidine groups is 1. The number of pyridine rings is 1. The fraction of sp³-hybridized carbons (Fsp3) is 0.250. The highest BCUT2D eigenvalue weighted by Crippen LogP contribution is 2.32. The van der Waals surface area contributed by atoms with Crippen LogP contribution in [-0.4, -0.2) is 33.6 Å². The molecule has 0 unspecified atom stereocenters. The number of halogens is 2. The highest BCUT2D eigenvalue weighted by Gasteiger charge is 2.27. The third-order valence-corrected chi connectivity index (χ3v) is 5.34. The molecule has 150 valence electrons. The summed E-state index contributed by atoms with van der Waals surface area (Å²) in [6.45, 7) is 3.85. The van der Waals surface area contributed by atoms with Gasteiger partial charge in [-0.15, -0.1) is 0 Å². The van der Waals surface area contributed by atoms with Gasteiger partial charge in [0.05, 0.1) is 29.2 Å². The molecule has 0 amide bonds. The first kappa shape index (κ1) is 19.7. The van der Waals surface area contributed by atoms with Crippen molar-refractivity contribution in [2.45, 2.75) is 26.0 Å². The number of benzene rings is 1. The summed E-state index contributed by atoms with van der Waals surface area (Å²) in [5.74, 6) is 0.958. The van der Waals surface area contributed by atoms with Crippen molar-refractivity contribution in [1.82, 2.24) is 20.0 Å². The topological polar surface area (TPSA) is 73.6 Å². The molecule has 0 bridgehead atoms. The van der Waals surface area contributed by atoms with E-state index in [-0.39, 0.29) is 12.1 Å². The van der Waals surface area contributed by atoms with Gasteiger partial charge < -0.3 is 9.30 Å². The van der Waals surface area contributed by atoms with Crippen molar-refractivity contribution in [3.05, 3.63) is 69.9 Å². The quantitative estimate of drug-likeness (QED) is 0.666. The van der Waals surface area contributed by atoms with Crippen LogP contribution in [0.3, 0.4) is 0 Å². The maximum atomic E-state index is 6.18. The van der Waals surface area contributed by atoms with E-state index in [2.05, 4.69) is 15.4 Å². The van der Waals surface area contributed by atoms with E-state index in [1.807, 2.05) is 42.8 Å². The van der Waals surface area contributed by atoms with E-state index in [4.69, 9.17) is 37.8 Å². The van der Waals surface area contributed by atoms with Crippen LogP contribution in [-0.2, 0) is 4.84 Å². The van der Waals surface area contributed by atoms with Gasteiger partial charge in [0.15, 0.2) is 5.84 Å². The summed E-state index contributed by atoms with van der Waals surface area (Å²) >= 11 is 12.2. The van der Waals surface area contributed by atoms with Crippen LogP contribution in [0, 0.1) is 6.92 Å². The average Bonchev–Trinajstić information content (AvgIpc) is 3.16. The Kier molecular flexibility index (Phi) is 5.45. The van der Waals surface area contributed by atoms with Gasteiger partial charge in [-0.25, -0.2) is 15.4 Å². The Bertz CT molecular complexity index is 1080. The zero-order valence-electron chi connectivity index (χ0n) is 16.1. The Hall–Kier alpha value is -2.61. The molecule has 29 heavy (non-hydrogen) atoms. The molecular formula is C20H19Cl2N5O2. The van der Waals surface area contributed by atoms with E-state index in [0.717, 1.165) is 16.9 Å². The second-order valence-electron chi connectivity index (χ2n) is 6.67. The fourth-order valence-corrected chi connectivity index (χ4v) is 3.42. The molecule has 0 saturated heterocycles. The standard InChI is InChI=1S/C20H19Cl2N5O2/c1-11-9-27(10-23-11)17-7-6-16(24-20(17)28-3)19-25-18(12(2)29-26-19)13-4-5-14(21)15(22)8-13/h4-10,12,18H,1-3H3,(H,25,26)/t12-,18-/m1/s1. The van der Waals surface area contributed by atoms with Crippen molar-refractivity contribution >= 4 is 29.0 Å². The van der Waals surface area contributed by atoms with E-state index in [1.165, 1.54) is 0 Å². The normalized spacial score (nSPS) is 18.9. The van der Waals surface area contributed by atoms with Gasteiger partial charge in [0.2, 0.25) is 5.88 Å². The van der Waals surface area contributed by atoms with Crippen LogP contribution in [0.25, 0.3) is 5.69 Å². The van der Waals surface area contributed by atoms with Crippen molar-refractivity contribution < 1.29 is 9.57 Å². The van der Waals surface area contributed by atoms with E-state index in [9.17, 15) is 0 Å². The number of methoxy groups -OCH3 is 1. The molecule has 1 aliphatic heterocycles. The molecule has 3 heterocycles. The molecule has 1 N–H and O–H groups in total. The number of rotatable bonds is 4. The second-order valence-corrected chi connectivity index (χ2v) is 7.48. The Balaban J connectivity index is 1.70. The lowest BCUT2D eigenvalue weighted by atomic mass is 10.0. The summed E-state index contributed by atoms with van der Waals surface area (Å²) in [7, 11) is 1.58. The number of aryl methyl sites for hydroxylation is 1. The van der Waals surface area contributed by atoms with E-state index in [1.54, 1.807) is 25.6 Å². The SMILES string of the molecule is COc1nc(C2=N[C@@H](c3ccc(Cl)c(Cl)c3)[C@@H](C)ON2)ccc1-n1cnc(C)c1. The van der Waals surface area contributed by atoms with Crippen LogP contribution in [0.1, 0.15) is 29.9 Å². The van der Waals surface area contributed by atoms with Crippen molar-refractivity contribution in [3.8, 4) is 11.6 Å². The molecule has 3 aromatic rings. The average molecular weight is 432 g/mol. The molecule has 0 spiro atoms. The van der Waals surface area contributed by atoms with Crippen LogP contribution in [0.2, 0.25) is 10.0 Å². The van der Waals surface area contributed by atoms with Crippen LogP contribution < -0.4 is 10.2 Å². The molecule has 1 aliphatic rings. The fourth-order valence-electron chi connectivity index (χ4n) is 3.11. The summed E-state index contributed by atoms with van der Waals surface area (Å²) in [6.07, 6.45) is 3.42. The molecule has 4 rings (SSSR count). The molecule has 0 aliphatic carbocycles. The molecule has 2 aromatic heterocycles. The van der Waals surface area contributed by atoms with E-state index in [0.29, 0.717) is 27.5 Å². The molecule has 0 fully saturated rings. The Labute approximate surface area is 178 Å². The number of aliphatic imine (C=N–C) groups is 1. The molecular weight excluding hydrogens is 413 g/mol. The van der Waals surface area contributed by atoms with Crippen molar-refractivity contribution in [2.24, 2.45) is 4.99 Å². The van der Waals surface area contributed by atoms with Crippen LogP contribution in [0.5, 0.6) is 5.88 Å². The summed E-state index contributed by atoms with van der Waals surface area (Å²) in [5.41, 5.74) is 6.07. The molecule has 0 saturated carbocycles. The lowest BCUT2D eigenvalue weighted by Gasteiger charge is -2.28. The monoisotopic (exact) mass is 431 g/mol. The van der Waals surface area contributed by atoms with Gasteiger partial charge in [-0.1, -0.05) is 29.3 Å². The molecule has 7 nitrogen and oxygen atoms in total.